The molecule has 0 aliphatic carbocycles. The highest BCUT2D eigenvalue weighted by Gasteiger charge is 2.61. The number of nitrogens with zero attached hydrogens (tertiary/aromatic N) is 1. The standard InChI is InChI=1S/C49H65NO15S/c1-14-66-41-31(50-37(51)27-22-18-19-23-28(27)38(50)52)34(32-30(60-41)24-57-39(61-32)26-20-16-15-17-21-26)62-40-36(65-45(56)49(11,12)13)35(64-44(55)48(8,9)10)33(63-43(54)47(5,6)7)29(59-40)25-58-42(53)46(2,3)4/h15-23,29-36,39-41H,14,24-25H2,1-13H3/t29-,30-,31-,32-,33+,34-,35+,36-,39?,40+,41+/m1/s1. The molecule has 0 saturated carbocycles. The van der Waals surface area contributed by atoms with Crippen molar-refractivity contribution in [3.05, 3.63) is 71.3 Å². The Morgan fingerprint density at radius 3 is 1.65 bits per heavy atom. The lowest BCUT2D eigenvalue weighted by atomic mass is 9.92. The molecule has 1 unspecified atom stereocenters. The number of carbonyl (C=O) groups is 6. The van der Waals surface area contributed by atoms with Gasteiger partial charge < -0.3 is 42.6 Å². The van der Waals surface area contributed by atoms with Crippen molar-refractivity contribution in [2.24, 2.45) is 21.7 Å². The van der Waals surface area contributed by atoms with Crippen molar-refractivity contribution in [3.63, 3.8) is 0 Å². The van der Waals surface area contributed by atoms with Gasteiger partial charge in [0.2, 0.25) is 0 Å². The van der Waals surface area contributed by atoms with E-state index in [4.69, 9.17) is 42.6 Å². The molecule has 0 bridgehead atoms. The summed E-state index contributed by atoms with van der Waals surface area (Å²) in [6, 6.07) is 14.4. The van der Waals surface area contributed by atoms with E-state index in [9.17, 15) is 28.8 Å². The molecule has 6 rings (SSSR count). The number of imide groups is 1. The van der Waals surface area contributed by atoms with Crippen molar-refractivity contribution in [1.82, 2.24) is 4.90 Å². The molecule has 0 aromatic heterocycles. The van der Waals surface area contributed by atoms with E-state index in [1.807, 2.05) is 37.3 Å². The van der Waals surface area contributed by atoms with Crippen molar-refractivity contribution < 1.29 is 71.4 Å². The van der Waals surface area contributed by atoms with E-state index in [0.29, 0.717) is 11.3 Å². The highest BCUT2D eigenvalue weighted by molar-refractivity contribution is 7.99. The van der Waals surface area contributed by atoms with E-state index in [2.05, 4.69) is 0 Å². The van der Waals surface area contributed by atoms with Gasteiger partial charge in [-0.1, -0.05) is 49.4 Å². The summed E-state index contributed by atoms with van der Waals surface area (Å²) in [5.41, 5.74) is -4.20. The summed E-state index contributed by atoms with van der Waals surface area (Å²) in [7, 11) is 0. The van der Waals surface area contributed by atoms with Gasteiger partial charge in [-0.25, -0.2) is 0 Å². The number of benzene rings is 2. The molecule has 0 radical (unpaired) electrons. The monoisotopic (exact) mass is 939 g/mol. The Bertz CT molecular complexity index is 2080. The van der Waals surface area contributed by atoms with Crippen LogP contribution in [0.3, 0.4) is 0 Å². The smallest absolute Gasteiger partial charge is 0.311 e. The summed E-state index contributed by atoms with van der Waals surface area (Å²) in [6.07, 6.45) is -12.2. The van der Waals surface area contributed by atoms with Crippen LogP contribution in [0.5, 0.6) is 0 Å². The second-order valence-electron chi connectivity index (χ2n) is 21.0. The van der Waals surface area contributed by atoms with Gasteiger partial charge in [-0.2, -0.15) is 0 Å². The Labute approximate surface area is 391 Å². The summed E-state index contributed by atoms with van der Waals surface area (Å²) in [5, 5.41) is 0. The number of esters is 4. The zero-order valence-corrected chi connectivity index (χ0v) is 41.0. The lowest BCUT2D eigenvalue weighted by molar-refractivity contribution is -0.361. The molecule has 4 aliphatic rings. The SMILES string of the molecule is CCS[C@@H]1O[C@@H]2COC(c3ccccc3)O[C@H]2[C@H](O[C@@H]2O[C@H](COC(=O)C(C)(C)C)[C@H](OC(=O)C(C)(C)C)[C@H](OC(=O)C(C)(C)C)[C@H]2OC(=O)C(C)(C)C)[C@H]1N1C(=O)c2ccccc2C1=O. The molecule has 2 aromatic carbocycles. The first-order valence-corrected chi connectivity index (χ1v) is 23.4. The Morgan fingerprint density at radius 1 is 0.636 bits per heavy atom. The number of hydrogen-bond donors (Lipinski definition) is 0. The molecule has 0 spiro atoms. The molecule has 4 heterocycles. The zero-order valence-electron chi connectivity index (χ0n) is 40.1. The molecule has 2 amide bonds. The normalized spacial score (nSPS) is 29.3. The molecule has 11 atom stereocenters. The quantitative estimate of drug-likeness (QED) is 0.130. The molecular weight excluding hydrogens is 875 g/mol. The summed E-state index contributed by atoms with van der Waals surface area (Å²) >= 11 is 1.33. The first-order valence-electron chi connectivity index (χ1n) is 22.4. The van der Waals surface area contributed by atoms with Gasteiger partial charge in [0.1, 0.15) is 42.5 Å². The second kappa shape index (κ2) is 19.7. The van der Waals surface area contributed by atoms with Crippen LogP contribution in [0.2, 0.25) is 0 Å². The first kappa shape index (κ1) is 51.0. The Morgan fingerprint density at radius 2 is 1.14 bits per heavy atom. The maximum atomic E-state index is 14.5. The van der Waals surface area contributed by atoms with Gasteiger partial charge in [-0.3, -0.25) is 33.7 Å². The fourth-order valence-corrected chi connectivity index (χ4v) is 8.52. The number of rotatable bonds is 11. The molecule has 2 aromatic rings. The van der Waals surface area contributed by atoms with Crippen LogP contribution in [-0.2, 0) is 61.8 Å². The average Bonchev–Trinajstić information content (AvgIpc) is 3.48. The maximum absolute atomic E-state index is 14.5. The maximum Gasteiger partial charge on any atom is 0.311 e. The highest BCUT2D eigenvalue weighted by Crippen LogP contribution is 2.44. The predicted molar refractivity (Wildman–Crippen MR) is 239 cm³/mol. The van der Waals surface area contributed by atoms with Gasteiger partial charge in [0, 0.05) is 5.56 Å². The summed E-state index contributed by atoms with van der Waals surface area (Å²) in [5.74, 6) is -3.55. The van der Waals surface area contributed by atoms with E-state index in [1.165, 1.54) is 11.8 Å². The largest absolute Gasteiger partial charge is 0.462 e. The fraction of sp³-hybridized carbons (Fsp3) is 0.633. The van der Waals surface area contributed by atoms with Crippen LogP contribution < -0.4 is 0 Å². The number of amides is 2. The highest BCUT2D eigenvalue weighted by atomic mass is 32.2. The molecule has 4 aliphatic heterocycles. The second-order valence-corrected chi connectivity index (χ2v) is 22.4. The third-order valence-corrected chi connectivity index (χ3v) is 12.3. The minimum atomic E-state index is -1.73. The Hall–Kier alpha value is -4.39. The number of carbonyl (C=O) groups excluding carboxylic acids is 6. The molecule has 16 nitrogen and oxygen atoms in total. The number of ether oxygens (including phenoxy) is 9. The van der Waals surface area contributed by atoms with Gasteiger partial charge in [0.15, 0.2) is 30.9 Å². The lowest BCUT2D eigenvalue weighted by Crippen LogP contribution is -2.70. The molecule has 362 valence electrons. The van der Waals surface area contributed by atoms with E-state index < -0.39 is 131 Å². The number of fused-ring (bicyclic) bond motifs is 2. The topological polar surface area (TPSA) is 189 Å². The van der Waals surface area contributed by atoms with E-state index in [-0.39, 0.29) is 17.7 Å². The molecule has 17 heteroatoms. The van der Waals surface area contributed by atoms with Crippen LogP contribution in [0.1, 0.15) is 123 Å². The summed E-state index contributed by atoms with van der Waals surface area (Å²) < 4.78 is 58.1. The van der Waals surface area contributed by atoms with Gasteiger partial charge in [0.05, 0.1) is 39.4 Å². The fourth-order valence-electron chi connectivity index (χ4n) is 7.50. The number of hydrogen-bond acceptors (Lipinski definition) is 16. The molecule has 0 N–H and O–H groups in total. The molecular formula is C49H65NO15S. The van der Waals surface area contributed by atoms with Gasteiger partial charge in [-0.15, -0.1) is 11.8 Å². The van der Waals surface area contributed by atoms with Crippen molar-refractivity contribution >= 4 is 47.5 Å². The van der Waals surface area contributed by atoms with Crippen LogP contribution in [0.15, 0.2) is 54.6 Å². The van der Waals surface area contributed by atoms with Crippen LogP contribution in [0.25, 0.3) is 0 Å². The molecule has 66 heavy (non-hydrogen) atoms. The van der Waals surface area contributed by atoms with Crippen LogP contribution in [0.4, 0.5) is 0 Å². The summed E-state index contributed by atoms with van der Waals surface area (Å²) in [6.45, 7) is 21.1. The molecule has 3 fully saturated rings. The van der Waals surface area contributed by atoms with Crippen LogP contribution >= 0.6 is 11.8 Å². The third-order valence-electron chi connectivity index (χ3n) is 11.3. The Kier molecular flexibility index (Phi) is 15.2. The van der Waals surface area contributed by atoms with Crippen LogP contribution in [0, 0.1) is 21.7 Å². The van der Waals surface area contributed by atoms with E-state index in [0.717, 1.165) is 4.90 Å². The Balaban J connectivity index is 1.54. The van der Waals surface area contributed by atoms with Gasteiger partial charge >= 0.3 is 23.9 Å². The average molecular weight is 940 g/mol. The zero-order chi connectivity index (χ0) is 48.7. The van der Waals surface area contributed by atoms with Crippen molar-refractivity contribution in [1.29, 1.82) is 0 Å². The van der Waals surface area contributed by atoms with Crippen molar-refractivity contribution in [3.8, 4) is 0 Å². The lowest BCUT2D eigenvalue weighted by Gasteiger charge is -2.53. The van der Waals surface area contributed by atoms with Crippen LogP contribution in [-0.4, -0.2) is 120 Å². The van der Waals surface area contributed by atoms with Crippen molar-refractivity contribution in [2.45, 2.75) is 157 Å². The minimum absolute atomic E-state index is 0.00962. The summed E-state index contributed by atoms with van der Waals surface area (Å²) in [4.78, 5) is 85.5. The van der Waals surface area contributed by atoms with E-state index >= 15 is 0 Å². The first-order chi connectivity index (χ1) is 30.7. The van der Waals surface area contributed by atoms with Crippen molar-refractivity contribution in [2.75, 3.05) is 19.0 Å². The van der Waals surface area contributed by atoms with Gasteiger partial charge in [-0.05, 0) is 101 Å². The minimum Gasteiger partial charge on any atom is -0.462 e. The third kappa shape index (κ3) is 11.1. The molecule has 3 saturated heterocycles. The van der Waals surface area contributed by atoms with Gasteiger partial charge in [0.25, 0.3) is 11.8 Å². The number of thioether (sulfide) groups is 1. The predicted octanol–water partition coefficient (Wildman–Crippen LogP) is 6.82. The van der Waals surface area contributed by atoms with E-state index in [1.54, 1.807) is 107 Å².